The summed E-state index contributed by atoms with van der Waals surface area (Å²) in [6, 6.07) is 6.53. The molecule has 0 bridgehead atoms. The van der Waals surface area contributed by atoms with Crippen molar-refractivity contribution in [1.29, 1.82) is 0 Å². The first kappa shape index (κ1) is 11.1. The van der Waals surface area contributed by atoms with Crippen molar-refractivity contribution in [3.05, 3.63) is 36.0 Å². The SMILES string of the molecule is Cn1ccc2c(CC(N)C(F)F)cccc21. The predicted octanol–water partition coefficient (Wildman–Crippen LogP) is 2.31. The van der Waals surface area contributed by atoms with E-state index in [4.69, 9.17) is 5.73 Å². The van der Waals surface area contributed by atoms with Crippen molar-refractivity contribution in [2.75, 3.05) is 0 Å². The quantitative estimate of drug-likeness (QED) is 0.852. The second-order valence-corrected chi connectivity index (χ2v) is 3.98. The Kier molecular flexibility index (Phi) is 2.92. The molecule has 0 radical (unpaired) electrons. The zero-order chi connectivity index (χ0) is 11.7. The van der Waals surface area contributed by atoms with Crippen LogP contribution in [0.1, 0.15) is 5.56 Å². The maximum atomic E-state index is 12.4. The Morgan fingerprint density at radius 3 is 2.75 bits per heavy atom. The van der Waals surface area contributed by atoms with Crippen LogP contribution in [0.5, 0.6) is 0 Å². The first-order valence-electron chi connectivity index (χ1n) is 5.16. The van der Waals surface area contributed by atoms with Crippen LogP contribution in [0.3, 0.4) is 0 Å². The maximum Gasteiger partial charge on any atom is 0.253 e. The van der Waals surface area contributed by atoms with Gasteiger partial charge in [-0.15, -0.1) is 0 Å². The summed E-state index contributed by atoms with van der Waals surface area (Å²) < 4.78 is 26.7. The van der Waals surface area contributed by atoms with Crippen molar-refractivity contribution < 1.29 is 8.78 Å². The Balaban J connectivity index is 2.37. The van der Waals surface area contributed by atoms with Gasteiger partial charge in [-0.05, 0) is 24.1 Å². The van der Waals surface area contributed by atoms with E-state index in [1.54, 1.807) is 0 Å². The highest BCUT2D eigenvalue weighted by atomic mass is 19.3. The highest BCUT2D eigenvalue weighted by Gasteiger charge is 2.16. The maximum absolute atomic E-state index is 12.4. The van der Waals surface area contributed by atoms with Crippen molar-refractivity contribution in [3.63, 3.8) is 0 Å². The summed E-state index contributed by atoms with van der Waals surface area (Å²) in [6.07, 6.45) is -0.347. The fraction of sp³-hybridized carbons (Fsp3) is 0.333. The van der Waals surface area contributed by atoms with E-state index in [1.165, 1.54) is 0 Å². The van der Waals surface area contributed by atoms with E-state index < -0.39 is 12.5 Å². The lowest BCUT2D eigenvalue weighted by atomic mass is 10.0. The van der Waals surface area contributed by atoms with Gasteiger partial charge in [0.1, 0.15) is 0 Å². The van der Waals surface area contributed by atoms with Gasteiger partial charge < -0.3 is 10.3 Å². The van der Waals surface area contributed by atoms with Gasteiger partial charge in [0.25, 0.3) is 6.43 Å². The normalized spacial score (nSPS) is 13.6. The lowest BCUT2D eigenvalue weighted by Crippen LogP contribution is -2.30. The third-order valence-electron chi connectivity index (χ3n) is 2.80. The Labute approximate surface area is 92.7 Å². The lowest BCUT2D eigenvalue weighted by Gasteiger charge is -2.11. The number of nitrogens with two attached hydrogens (primary N) is 1. The number of fused-ring (bicyclic) bond motifs is 1. The average molecular weight is 224 g/mol. The Hall–Kier alpha value is -1.42. The number of halogens is 2. The van der Waals surface area contributed by atoms with E-state index in [0.717, 1.165) is 16.5 Å². The summed E-state index contributed by atoms with van der Waals surface area (Å²) in [7, 11) is 1.93. The molecule has 0 aliphatic rings. The summed E-state index contributed by atoms with van der Waals surface area (Å²) in [5, 5.41) is 1.00. The van der Waals surface area contributed by atoms with Crippen LogP contribution in [0, 0.1) is 0 Å². The molecule has 1 atom stereocenters. The number of aromatic nitrogens is 1. The molecule has 0 spiro atoms. The van der Waals surface area contributed by atoms with Crippen LogP contribution in [0.15, 0.2) is 30.5 Å². The highest BCUT2D eigenvalue weighted by molar-refractivity contribution is 5.83. The molecule has 0 amide bonds. The van der Waals surface area contributed by atoms with Crippen molar-refractivity contribution in [3.8, 4) is 0 Å². The van der Waals surface area contributed by atoms with E-state index in [2.05, 4.69) is 0 Å². The Morgan fingerprint density at radius 2 is 2.06 bits per heavy atom. The summed E-state index contributed by atoms with van der Waals surface area (Å²) in [4.78, 5) is 0. The minimum Gasteiger partial charge on any atom is -0.351 e. The summed E-state index contributed by atoms with van der Waals surface area (Å²) in [6.45, 7) is 0. The van der Waals surface area contributed by atoms with Gasteiger partial charge in [-0.3, -0.25) is 0 Å². The molecule has 0 fully saturated rings. The molecule has 2 nitrogen and oxygen atoms in total. The molecule has 2 rings (SSSR count). The number of rotatable bonds is 3. The van der Waals surface area contributed by atoms with Gasteiger partial charge in [0, 0.05) is 24.1 Å². The number of alkyl halides is 2. The van der Waals surface area contributed by atoms with E-state index in [9.17, 15) is 8.78 Å². The summed E-state index contributed by atoms with van der Waals surface area (Å²) in [5.74, 6) is 0. The van der Waals surface area contributed by atoms with Crippen LogP contribution < -0.4 is 5.73 Å². The van der Waals surface area contributed by atoms with Crippen LogP contribution in [-0.4, -0.2) is 17.0 Å². The second kappa shape index (κ2) is 4.22. The van der Waals surface area contributed by atoms with Crippen LogP contribution in [0.4, 0.5) is 8.78 Å². The molecular weight excluding hydrogens is 210 g/mol. The average Bonchev–Trinajstić information content (AvgIpc) is 2.62. The number of hydrogen-bond acceptors (Lipinski definition) is 1. The first-order valence-corrected chi connectivity index (χ1v) is 5.16. The molecule has 86 valence electrons. The molecule has 1 heterocycles. The molecule has 1 aromatic carbocycles. The standard InChI is InChI=1S/C12H14F2N2/c1-16-6-5-9-8(3-2-4-11(9)16)7-10(15)12(13)14/h2-6,10,12H,7,15H2,1H3. The van der Waals surface area contributed by atoms with Gasteiger partial charge in [0.05, 0.1) is 6.04 Å². The molecule has 2 N–H and O–H groups in total. The smallest absolute Gasteiger partial charge is 0.253 e. The monoisotopic (exact) mass is 224 g/mol. The minimum absolute atomic E-state index is 0.207. The molecule has 0 aliphatic heterocycles. The number of nitrogens with zero attached hydrogens (tertiary/aromatic N) is 1. The van der Waals surface area contributed by atoms with Gasteiger partial charge in [-0.1, -0.05) is 12.1 Å². The molecule has 0 saturated heterocycles. The van der Waals surface area contributed by atoms with Crippen LogP contribution in [0.2, 0.25) is 0 Å². The summed E-state index contributed by atoms with van der Waals surface area (Å²) in [5.41, 5.74) is 7.31. The molecular formula is C12H14F2N2. The number of aryl methyl sites for hydroxylation is 1. The zero-order valence-electron chi connectivity index (χ0n) is 9.03. The van der Waals surface area contributed by atoms with Crippen molar-refractivity contribution in [2.24, 2.45) is 12.8 Å². The zero-order valence-corrected chi connectivity index (χ0v) is 9.03. The molecule has 2 aromatic rings. The molecule has 16 heavy (non-hydrogen) atoms. The van der Waals surface area contributed by atoms with E-state index in [0.29, 0.717) is 0 Å². The molecule has 1 aromatic heterocycles. The predicted molar refractivity (Wildman–Crippen MR) is 60.6 cm³/mol. The van der Waals surface area contributed by atoms with Gasteiger partial charge in [0.2, 0.25) is 0 Å². The van der Waals surface area contributed by atoms with Crippen molar-refractivity contribution in [2.45, 2.75) is 18.9 Å². The van der Waals surface area contributed by atoms with Crippen LogP contribution in [-0.2, 0) is 13.5 Å². The lowest BCUT2D eigenvalue weighted by molar-refractivity contribution is 0.116. The van der Waals surface area contributed by atoms with Gasteiger partial charge in [-0.2, -0.15) is 0 Å². The fourth-order valence-electron chi connectivity index (χ4n) is 1.89. The Morgan fingerprint density at radius 1 is 1.31 bits per heavy atom. The number of hydrogen-bond donors (Lipinski definition) is 1. The minimum atomic E-state index is -2.47. The van der Waals surface area contributed by atoms with E-state index in [-0.39, 0.29) is 6.42 Å². The van der Waals surface area contributed by atoms with Gasteiger partial charge in [-0.25, -0.2) is 8.78 Å². The third-order valence-corrected chi connectivity index (χ3v) is 2.80. The fourth-order valence-corrected chi connectivity index (χ4v) is 1.89. The van der Waals surface area contributed by atoms with Gasteiger partial charge >= 0.3 is 0 Å². The van der Waals surface area contributed by atoms with Crippen molar-refractivity contribution in [1.82, 2.24) is 4.57 Å². The molecule has 0 aliphatic carbocycles. The molecule has 1 unspecified atom stereocenters. The highest BCUT2D eigenvalue weighted by Crippen LogP contribution is 2.21. The third kappa shape index (κ3) is 1.93. The molecule has 4 heteroatoms. The second-order valence-electron chi connectivity index (χ2n) is 3.98. The molecule has 0 saturated carbocycles. The number of benzene rings is 1. The van der Waals surface area contributed by atoms with Crippen LogP contribution >= 0.6 is 0 Å². The Bertz CT molecular complexity index is 491. The topological polar surface area (TPSA) is 30.9 Å². The van der Waals surface area contributed by atoms with E-state index in [1.807, 2.05) is 42.1 Å². The van der Waals surface area contributed by atoms with Crippen LogP contribution in [0.25, 0.3) is 10.9 Å². The van der Waals surface area contributed by atoms with Crippen molar-refractivity contribution >= 4 is 10.9 Å². The first-order chi connectivity index (χ1) is 7.59. The van der Waals surface area contributed by atoms with Gasteiger partial charge in [0.15, 0.2) is 0 Å². The van der Waals surface area contributed by atoms with E-state index >= 15 is 0 Å². The largest absolute Gasteiger partial charge is 0.351 e. The summed E-state index contributed by atoms with van der Waals surface area (Å²) >= 11 is 0.